The van der Waals surface area contributed by atoms with Crippen LogP contribution in [0.25, 0.3) is 10.9 Å². The second-order valence-corrected chi connectivity index (χ2v) is 9.05. The van der Waals surface area contributed by atoms with E-state index in [0.717, 1.165) is 79.4 Å². The summed E-state index contributed by atoms with van der Waals surface area (Å²) in [6.45, 7) is 7.44. The molecule has 2 aliphatic heterocycles. The van der Waals surface area contributed by atoms with E-state index in [1.54, 1.807) is 12.3 Å². The van der Waals surface area contributed by atoms with Crippen LogP contribution in [0.3, 0.4) is 0 Å². The molecule has 8 nitrogen and oxygen atoms in total. The van der Waals surface area contributed by atoms with E-state index in [1.165, 1.54) is 16.9 Å². The number of piperazine rings is 1. The maximum absolute atomic E-state index is 12.5. The Morgan fingerprint density at radius 3 is 2.91 bits per heavy atom. The van der Waals surface area contributed by atoms with Crippen molar-refractivity contribution in [2.45, 2.75) is 26.3 Å². The molecule has 0 saturated carbocycles. The van der Waals surface area contributed by atoms with Crippen LogP contribution in [0.1, 0.15) is 35.0 Å². The number of H-pyrrole nitrogens is 1. The number of rotatable bonds is 5. The molecule has 4 heterocycles. The van der Waals surface area contributed by atoms with Gasteiger partial charge in [0.25, 0.3) is 5.56 Å². The highest BCUT2D eigenvalue weighted by molar-refractivity contribution is 7.13. The molecule has 0 unspecified atom stereocenters. The van der Waals surface area contributed by atoms with Crippen molar-refractivity contribution >= 4 is 39.0 Å². The summed E-state index contributed by atoms with van der Waals surface area (Å²) in [6.07, 6.45) is 1.83. The van der Waals surface area contributed by atoms with Crippen molar-refractivity contribution in [2.24, 2.45) is 0 Å². The lowest BCUT2D eigenvalue weighted by atomic mass is 10.0. The van der Waals surface area contributed by atoms with Crippen LogP contribution in [0.5, 0.6) is 0 Å². The largest absolute Gasteiger partial charge is 0.461 e. The van der Waals surface area contributed by atoms with Crippen LogP contribution in [0, 0.1) is 0 Å². The molecule has 2 N–H and O–H groups in total. The van der Waals surface area contributed by atoms with Gasteiger partial charge < -0.3 is 19.9 Å². The molecule has 9 heteroatoms. The van der Waals surface area contributed by atoms with Crippen molar-refractivity contribution < 1.29 is 9.53 Å². The number of aromatic amines is 1. The van der Waals surface area contributed by atoms with Crippen LogP contribution in [-0.2, 0) is 17.7 Å². The third-order valence-electron chi connectivity index (χ3n) is 6.11. The zero-order chi connectivity index (χ0) is 22.1. The molecule has 2 aromatic heterocycles. The number of fused-ring (bicyclic) bond motifs is 3. The average Bonchev–Trinajstić information content (AvgIpc) is 3.30. The van der Waals surface area contributed by atoms with E-state index in [9.17, 15) is 9.59 Å². The summed E-state index contributed by atoms with van der Waals surface area (Å²) < 4.78 is 5.03. The van der Waals surface area contributed by atoms with Crippen LogP contribution < -0.4 is 15.8 Å². The predicted molar refractivity (Wildman–Crippen MR) is 127 cm³/mol. The Bertz CT molecular complexity index is 1200. The summed E-state index contributed by atoms with van der Waals surface area (Å²) in [7, 11) is 0. The van der Waals surface area contributed by atoms with Crippen molar-refractivity contribution in [1.82, 2.24) is 14.9 Å². The van der Waals surface area contributed by atoms with Gasteiger partial charge in [0.2, 0.25) is 0 Å². The first-order valence-corrected chi connectivity index (χ1v) is 12.0. The minimum absolute atomic E-state index is 0.0242. The van der Waals surface area contributed by atoms with Gasteiger partial charge in [-0.05, 0) is 31.4 Å². The summed E-state index contributed by atoms with van der Waals surface area (Å²) in [4.78, 5) is 36.5. The van der Waals surface area contributed by atoms with Crippen LogP contribution >= 0.6 is 11.3 Å². The number of pyridine rings is 1. The molecule has 0 atom stereocenters. The lowest BCUT2D eigenvalue weighted by Gasteiger charge is -2.34. The van der Waals surface area contributed by atoms with Gasteiger partial charge in [-0.2, -0.15) is 0 Å². The van der Waals surface area contributed by atoms with Crippen molar-refractivity contribution in [2.75, 3.05) is 49.5 Å². The first-order chi connectivity index (χ1) is 15.6. The Morgan fingerprint density at radius 1 is 1.25 bits per heavy atom. The number of aromatic nitrogens is 2. The zero-order valence-corrected chi connectivity index (χ0v) is 19.0. The Hall–Kier alpha value is -2.91. The topological polar surface area (TPSA) is 90.6 Å². The van der Waals surface area contributed by atoms with Gasteiger partial charge in [-0.3, -0.25) is 9.69 Å². The SMILES string of the molecule is CCOC(=O)c1csc(N2CCN(Cc3ccc4c5c(c(=O)[nH]c4c3)CCCN5)CC2)n1. The number of ether oxygens (including phenoxy) is 1. The van der Waals surface area contributed by atoms with E-state index >= 15 is 0 Å². The van der Waals surface area contributed by atoms with Gasteiger partial charge in [0.1, 0.15) is 0 Å². The molecule has 168 valence electrons. The lowest BCUT2D eigenvalue weighted by molar-refractivity contribution is 0.0520. The summed E-state index contributed by atoms with van der Waals surface area (Å²) >= 11 is 1.49. The fourth-order valence-electron chi connectivity index (χ4n) is 4.47. The molecule has 0 spiro atoms. The molecule has 0 bridgehead atoms. The minimum Gasteiger partial charge on any atom is -0.461 e. The van der Waals surface area contributed by atoms with Crippen LogP contribution in [-0.4, -0.2) is 60.2 Å². The Balaban J connectivity index is 1.24. The lowest BCUT2D eigenvalue weighted by Crippen LogP contribution is -2.46. The van der Waals surface area contributed by atoms with Gasteiger partial charge >= 0.3 is 5.97 Å². The van der Waals surface area contributed by atoms with E-state index < -0.39 is 0 Å². The fraction of sp³-hybridized carbons (Fsp3) is 0.435. The second kappa shape index (κ2) is 8.91. The van der Waals surface area contributed by atoms with Gasteiger partial charge in [0, 0.05) is 55.6 Å². The number of benzene rings is 1. The third-order valence-corrected chi connectivity index (χ3v) is 7.01. The van der Waals surface area contributed by atoms with Gasteiger partial charge in [-0.25, -0.2) is 9.78 Å². The van der Waals surface area contributed by atoms with E-state index in [2.05, 4.69) is 43.3 Å². The summed E-state index contributed by atoms with van der Waals surface area (Å²) in [5.74, 6) is -0.362. The fourth-order valence-corrected chi connectivity index (χ4v) is 5.32. The maximum Gasteiger partial charge on any atom is 0.357 e. The smallest absolute Gasteiger partial charge is 0.357 e. The number of hydrogen-bond donors (Lipinski definition) is 2. The second-order valence-electron chi connectivity index (χ2n) is 8.22. The molecule has 3 aromatic rings. The number of carbonyl (C=O) groups excluding carboxylic acids is 1. The maximum atomic E-state index is 12.5. The summed E-state index contributed by atoms with van der Waals surface area (Å²) in [6, 6.07) is 6.39. The number of hydrogen-bond acceptors (Lipinski definition) is 8. The molecule has 1 fully saturated rings. The van der Waals surface area contributed by atoms with Crippen LogP contribution in [0.15, 0.2) is 28.4 Å². The molecule has 1 aromatic carbocycles. The highest BCUT2D eigenvalue weighted by Gasteiger charge is 2.22. The first-order valence-electron chi connectivity index (χ1n) is 11.1. The van der Waals surface area contributed by atoms with Crippen molar-refractivity contribution in [3.63, 3.8) is 0 Å². The van der Waals surface area contributed by atoms with E-state index in [4.69, 9.17) is 4.74 Å². The summed E-state index contributed by atoms with van der Waals surface area (Å²) in [5, 5.41) is 7.14. The summed E-state index contributed by atoms with van der Waals surface area (Å²) in [5.41, 5.74) is 4.37. The van der Waals surface area contributed by atoms with Gasteiger partial charge in [0.05, 0.1) is 17.8 Å². The quantitative estimate of drug-likeness (QED) is 0.574. The van der Waals surface area contributed by atoms with E-state index in [-0.39, 0.29) is 11.5 Å². The number of nitrogens with zero attached hydrogens (tertiary/aromatic N) is 3. The first kappa shape index (κ1) is 21.0. The number of esters is 1. The van der Waals surface area contributed by atoms with Gasteiger partial charge in [0.15, 0.2) is 10.8 Å². The molecular weight excluding hydrogens is 426 g/mol. The highest BCUT2D eigenvalue weighted by Crippen LogP contribution is 2.28. The molecule has 0 aliphatic carbocycles. The van der Waals surface area contributed by atoms with Crippen molar-refractivity contribution in [1.29, 1.82) is 0 Å². The van der Waals surface area contributed by atoms with Crippen molar-refractivity contribution in [3.8, 4) is 0 Å². The Labute approximate surface area is 190 Å². The van der Waals surface area contributed by atoms with E-state index in [1.807, 2.05) is 0 Å². The normalized spacial score (nSPS) is 16.6. The molecule has 2 aliphatic rings. The highest BCUT2D eigenvalue weighted by atomic mass is 32.1. The molecule has 32 heavy (non-hydrogen) atoms. The molecule has 0 amide bonds. The van der Waals surface area contributed by atoms with Crippen LogP contribution in [0.4, 0.5) is 10.8 Å². The predicted octanol–water partition coefficient (Wildman–Crippen LogP) is 2.84. The number of thiazole rings is 1. The standard InChI is InChI=1S/C23H27N5O3S/c1-2-31-22(30)19-14-32-23(26-19)28-10-8-27(9-11-28)13-15-5-6-16-18(12-15)25-21(29)17-4-3-7-24-20(16)17/h5-6,12,14,24H,2-4,7-11,13H2,1H3,(H,25,29). The van der Waals surface area contributed by atoms with Gasteiger partial charge in [-0.1, -0.05) is 12.1 Å². The van der Waals surface area contributed by atoms with Gasteiger partial charge in [-0.15, -0.1) is 11.3 Å². The Kier molecular flexibility index (Phi) is 5.84. The van der Waals surface area contributed by atoms with Crippen molar-refractivity contribution in [3.05, 3.63) is 50.8 Å². The van der Waals surface area contributed by atoms with Crippen LogP contribution in [0.2, 0.25) is 0 Å². The zero-order valence-electron chi connectivity index (χ0n) is 18.1. The number of carbonyl (C=O) groups is 1. The number of anilines is 2. The molecular formula is C23H27N5O3S. The van der Waals surface area contributed by atoms with E-state index in [0.29, 0.717) is 12.3 Å². The average molecular weight is 454 g/mol. The third kappa shape index (κ3) is 4.10. The molecule has 5 rings (SSSR count). The Morgan fingerprint density at radius 2 is 2.09 bits per heavy atom. The molecule has 0 radical (unpaired) electrons. The monoisotopic (exact) mass is 453 g/mol. The molecule has 1 saturated heterocycles. The minimum atomic E-state index is -0.362. The number of nitrogens with one attached hydrogen (secondary N) is 2.